The normalized spacial score (nSPS) is 25.6. The van der Waals surface area contributed by atoms with E-state index in [1.54, 1.807) is 4.90 Å². The Kier molecular flexibility index (Phi) is 5.68. The van der Waals surface area contributed by atoms with Gasteiger partial charge in [0.2, 0.25) is 0 Å². The number of carbonyl (C=O) groups excluding carboxylic acids is 1. The summed E-state index contributed by atoms with van der Waals surface area (Å²) in [6, 6.07) is -0.600. The fourth-order valence-electron chi connectivity index (χ4n) is 3.29. The summed E-state index contributed by atoms with van der Waals surface area (Å²) >= 11 is 0. The number of nitrogens with one attached hydrogen (secondary N) is 1. The lowest BCUT2D eigenvalue weighted by Gasteiger charge is -2.29. The molecule has 0 aromatic carbocycles. The van der Waals surface area contributed by atoms with Gasteiger partial charge in [0, 0.05) is 12.6 Å². The number of amides is 2. The quantitative estimate of drug-likeness (QED) is 0.765. The maximum Gasteiger partial charge on any atom is 0.326 e. The van der Waals surface area contributed by atoms with Crippen molar-refractivity contribution in [3.8, 4) is 0 Å². The number of urea groups is 1. The molecule has 1 saturated heterocycles. The third-order valence-corrected chi connectivity index (χ3v) is 4.48. The second kappa shape index (κ2) is 7.50. The molecule has 1 aliphatic carbocycles. The Morgan fingerprint density at radius 3 is 2.15 bits per heavy atom. The van der Waals surface area contributed by atoms with Gasteiger partial charge in [0.15, 0.2) is 0 Å². The number of nitrogens with zero attached hydrogens (tertiary/aromatic N) is 1. The van der Waals surface area contributed by atoms with E-state index in [2.05, 4.69) is 5.32 Å². The molecule has 0 radical (unpaired) electrons. The molecule has 114 valence electrons. The largest absolute Gasteiger partial charge is 0.480 e. The molecule has 0 aromatic heterocycles. The van der Waals surface area contributed by atoms with E-state index in [1.165, 1.54) is 12.8 Å². The highest BCUT2D eigenvalue weighted by Crippen LogP contribution is 2.20. The first kappa shape index (κ1) is 15.1. The molecule has 0 aromatic rings. The minimum absolute atomic E-state index is 0.175. The molecule has 2 aliphatic rings. The predicted molar refractivity (Wildman–Crippen MR) is 76.6 cm³/mol. The summed E-state index contributed by atoms with van der Waals surface area (Å²) in [5.74, 6) is -0.872. The van der Waals surface area contributed by atoms with Crippen molar-refractivity contribution < 1.29 is 14.7 Å². The van der Waals surface area contributed by atoms with Gasteiger partial charge >= 0.3 is 12.0 Å². The number of rotatable bonds is 2. The Morgan fingerprint density at radius 1 is 0.900 bits per heavy atom. The summed E-state index contributed by atoms with van der Waals surface area (Å²) in [6.45, 7) is 0.565. The van der Waals surface area contributed by atoms with Crippen LogP contribution in [0, 0.1) is 0 Å². The van der Waals surface area contributed by atoms with Crippen LogP contribution in [-0.2, 0) is 4.79 Å². The van der Waals surface area contributed by atoms with Gasteiger partial charge in [-0.1, -0.05) is 38.5 Å². The van der Waals surface area contributed by atoms with E-state index in [0.29, 0.717) is 13.0 Å². The second-order valence-electron chi connectivity index (χ2n) is 6.03. The smallest absolute Gasteiger partial charge is 0.326 e. The topological polar surface area (TPSA) is 69.6 Å². The molecule has 1 saturated carbocycles. The zero-order valence-corrected chi connectivity index (χ0v) is 12.1. The molecule has 0 spiro atoms. The number of hydrogen-bond acceptors (Lipinski definition) is 2. The lowest BCUT2D eigenvalue weighted by atomic mass is 10.1. The molecule has 2 fully saturated rings. The third kappa shape index (κ3) is 4.12. The van der Waals surface area contributed by atoms with Crippen LogP contribution in [-0.4, -0.2) is 40.6 Å². The van der Waals surface area contributed by atoms with E-state index in [4.69, 9.17) is 0 Å². The number of likely N-dealkylation sites (tertiary alicyclic amines) is 1. The van der Waals surface area contributed by atoms with Crippen LogP contribution < -0.4 is 5.32 Å². The number of carboxylic acid groups (broad SMARTS) is 1. The molecule has 2 rings (SSSR count). The fraction of sp³-hybridized carbons (Fsp3) is 0.867. The summed E-state index contributed by atoms with van der Waals surface area (Å²) < 4.78 is 0. The van der Waals surface area contributed by atoms with Gasteiger partial charge in [0.05, 0.1) is 0 Å². The zero-order chi connectivity index (χ0) is 14.4. The maximum absolute atomic E-state index is 12.4. The van der Waals surface area contributed by atoms with E-state index in [9.17, 15) is 14.7 Å². The molecular formula is C15H26N2O3. The first-order chi connectivity index (χ1) is 9.68. The Hall–Kier alpha value is -1.26. The molecule has 5 nitrogen and oxygen atoms in total. The van der Waals surface area contributed by atoms with Crippen molar-refractivity contribution in [2.24, 2.45) is 0 Å². The van der Waals surface area contributed by atoms with E-state index in [0.717, 1.165) is 44.9 Å². The van der Waals surface area contributed by atoms with E-state index >= 15 is 0 Å². The number of aliphatic carboxylic acids is 1. The first-order valence-electron chi connectivity index (χ1n) is 7.98. The van der Waals surface area contributed by atoms with Crippen molar-refractivity contribution in [3.05, 3.63) is 0 Å². The SMILES string of the molecule is O=C(O)C1CCCCCN1C(=O)NC1CCCCCC1. The van der Waals surface area contributed by atoms with Gasteiger partial charge < -0.3 is 15.3 Å². The van der Waals surface area contributed by atoms with Crippen LogP contribution in [0.25, 0.3) is 0 Å². The van der Waals surface area contributed by atoms with Crippen LogP contribution in [0.2, 0.25) is 0 Å². The molecule has 2 amide bonds. The second-order valence-corrected chi connectivity index (χ2v) is 6.03. The van der Waals surface area contributed by atoms with E-state index in [-0.39, 0.29) is 12.1 Å². The molecule has 1 unspecified atom stereocenters. The van der Waals surface area contributed by atoms with Gasteiger partial charge in [0.25, 0.3) is 0 Å². The van der Waals surface area contributed by atoms with Gasteiger partial charge in [-0.3, -0.25) is 0 Å². The maximum atomic E-state index is 12.4. The monoisotopic (exact) mass is 282 g/mol. The highest BCUT2D eigenvalue weighted by atomic mass is 16.4. The molecule has 0 bridgehead atoms. The Labute approximate surface area is 120 Å². The van der Waals surface area contributed by atoms with Crippen LogP contribution in [0.1, 0.15) is 64.2 Å². The van der Waals surface area contributed by atoms with Crippen LogP contribution in [0.15, 0.2) is 0 Å². The van der Waals surface area contributed by atoms with Crippen molar-refractivity contribution in [1.82, 2.24) is 10.2 Å². The van der Waals surface area contributed by atoms with Gasteiger partial charge in [-0.2, -0.15) is 0 Å². The molecular weight excluding hydrogens is 256 g/mol. The molecule has 5 heteroatoms. The van der Waals surface area contributed by atoms with Crippen molar-refractivity contribution in [3.63, 3.8) is 0 Å². The van der Waals surface area contributed by atoms with Crippen molar-refractivity contribution in [1.29, 1.82) is 0 Å². The van der Waals surface area contributed by atoms with Crippen molar-refractivity contribution >= 4 is 12.0 Å². The van der Waals surface area contributed by atoms with Crippen LogP contribution >= 0.6 is 0 Å². The van der Waals surface area contributed by atoms with E-state index < -0.39 is 12.0 Å². The lowest BCUT2D eigenvalue weighted by molar-refractivity contribution is -0.142. The molecule has 1 atom stereocenters. The summed E-state index contributed by atoms with van der Waals surface area (Å²) in [4.78, 5) is 25.3. The highest BCUT2D eigenvalue weighted by Gasteiger charge is 2.31. The standard InChI is InChI=1S/C15H26N2O3/c18-14(19)13-10-6-3-7-11-17(13)15(20)16-12-8-4-1-2-5-9-12/h12-13H,1-11H2,(H,16,20)(H,18,19). The average Bonchev–Trinajstić information content (AvgIpc) is 2.80. The lowest BCUT2D eigenvalue weighted by Crippen LogP contribution is -2.51. The minimum Gasteiger partial charge on any atom is -0.480 e. The summed E-state index contributed by atoms with van der Waals surface area (Å²) in [6.07, 6.45) is 10.2. The number of carbonyl (C=O) groups is 2. The zero-order valence-electron chi connectivity index (χ0n) is 12.1. The average molecular weight is 282 g/mol. The first-order valence-corrected chi connectivity index (χ1v) is 7.98. The minimum atomic E-state index is -0.872. The molecule has 20 heavy (non-hydrogen) atoms. The van der Waals surface area contributed by atoms with Gasteiger partial charge in [-0.25, -0.2) is 9.59 Å². The van der Waals surface area contributed by atoms with Gasteiger partial charge in [-0.05, 0) is 25.7 Å². The van der Waals surface area contributed by atoms with Gasteiger partial charge in [-0.15, -0.1) is 0 Å². The summed E-state index contributed by atoms with van der Waals surface area (Å²) in [7, 11) is 0. The third-order valence-electron chi connectivity index (χ3n) is 4.48. The predicted octanol–water partition coefficient (Wildman–Crippen LogP) is 2.75. The highest BCUT2D eigenvalue weighted by molar-refractivity contribution is 5.82. The Morgan fingerprint density at radius 2 is 1.50 bits per heavy atom. The number of hydrogen-bond donors (Lipinski definition) is 2. The van der Waals surface area contributed by atoms with E-state index in [1.807, 2.05) is 0 Å². The summed E-state index contributed by atoms with van der Waals surface area (Å²) in [5.41, 5.74) is 0. The Bertz CT molecular complexity index is 338. The number of carboxylic acids is 1. The summed E-state index contributed by atoms with van der Waals surface area (Å²) in [5, 5.41) is 12.4. The molecule has 1 heterocycles. The van der Waals surface area contributed by atoms with Gasteiger partial charge in [0.1, 0.15) is 6.04 Å². The van der Waals surface area contributed by atoms with Crippen molar-refractivity contribution in [2.75, 3.05) is 6.54 Å². The molecule has 2 N–H and O–H groups in total. The molecule has 1 aliphatic heterocycles. The Balaban J connectivity index is 1.95. The van der Waals surface area contributed by atoms with Crippen LogP contribution in [0.4, 0.5) is 4.79 Å². The van der Waals surface area contributed by atoms with Crippen LogP contribution in [0.5, 0.6) is 0 Å². The van der Waals surface area contributed by atoms with Crippen molar-refractivity contribution in [2.45, 2.75) is 76.3 Å². The van der Waals surface area contributed by atoms with Crippen LogP contribution in [0.3, 0.4) is 0 Å². The fourth-order valence-corrected chi connectivity index (χ4v) is 3.29.